The molecule has 3 aromatic rings. The lowest BCUT2D eigenvalue weighted by Gasteiger charge is -2.14. The number of aromatic nitrogens is 4. The van der Waals surface area contributed by atoms with Gasteiger partial charge in [0.2, 0.25) is 10.0 Å². The molecule has 0 unspecified atom stereocenters. The van der Waals surface area contributed by atoms with Gasteiger partial charge in [0.15, 0.2) is 10.0 Å². The van der Waals surface area contributed by atoms with E-state index < -0.39 is 33.0 Å². The topological polar surface area (TPSA) is 139 Å². The van der Waals surface area contributed by atoms with Crippen LogP contribution in [0.2, 0.25) is 0 Å². The number of carboxylic acid groups (broad SMARTS) is 1. The van der Waals surface area contributed by atoms with Crippen molar-refractivity contribution in [3.05, 3.63) is 17.1 Å². The average Bonchev–Trinajstić information content (AvgIpc) is 3.13. The molecule has 0 bridgehead atoms. The zero-order valence-corrected chi connectivity index (χ0v) is 18.7. The molecule has 0 atom stereocenters. The average molecular weight is 487 g/mol. The van der Waals surface area contributed by atoms with Gasteiger partial charge in [-0.15, -0.1) is 10.2 Å². The number of sulfonamides is 1. The largest absolute Gasteiger partial charge is 0.481 e. The van der Waals surface area contributed by atoms with Gasteiger partial charge >= 0.3 is 5.97 Å². The third-order valence-electron chi connectivity index (χ3n) is 5.15. The number of aryl methyl sites for hydroxylation is 1. The molecule has 10 nitrogen and oxygen atoms in total. The zero-order chi connectivity index (χ0) is 23.3. The number of halogens is 2. The van der Waals surface area contributed by atoms with Crippen molar-refractivity contribution in [2.24, 2.45) is 0 Å². The van der Waals surface area contributed by atoms with Crippen molar-refractivity contribution < 1.29 is 27.1 Å². The van der Waals surface area contributed by atoms with E-state index in [4.69, 9.17) is 5.11 Å². The molecule has 0 amide bonds. The number of hydrogen-bond donors (Lipinski definition) is 3. The number of fused-ring (bicyclic) bond motifs is 1. The first-order valence-corrected chi connectivity index (χ1v) is 11.9. The Morgan fingerprint density at radius 1 is 1.34 bits per heavy atom. The van der Waals surface area contributed by atoms with Crippen LogP contribution in [0.5, 0.6) is 0 Å². The Kier molecular flexibility index (Phi) is 5.63. The molecule has 2 heterocycles. The van der Waals surface area contributed by atoms with Gasteiger partial charge in [0, 0.05) is 18.0 Å². The predicted octanol–water partition coefficient (Wildman–Crippen LogP) is 2.84. The molecule has 172 valence electrons. The van der Waals surface area contributed by atoms with Gasteiger partial charge in [-0.05, 0) is 31.9 Å². The van der Waals surface area contributed by atoms with Gasteiger partial charge in [0.05, 0.1) is 29.1 Å². The number of rotatable bonds is 9. The van der Waals surface area contributed by atoms with Crippen LogP contribution in [0.4, 0.5) is 14.5 Å². The van der Waals surface area contributed by atoms with Crippen molar-refractivity contribution >= 4 is 43.9 Å². The second kappa shape index (κ2) is 8.01. The number of aliphatic carboxylic acids is 1. The van der Waals surface area contributed by atoms with Crippen LogP contribution in [0.3, 0.4) is 0 Å². The van der Waals surface area contributed by atoms with Crippen molar-refractivity contribution in [3.8, 4) is 10.7 Å². The van der Waals surface area contributed by atoms with Crippen LogP contribution in [-0.2, 0) is 21.4 Å². The number of nitrogens with zero attached hydrogens (tertiary/aromatic N) is 4. The number of hydrogen-bond acceptors (Lipinski definition) is 8. The van der Waals surface area contributed by atoms with Gasteiger partial charge in [-0.1, -0.05) is 11.3 Å². The van der Waals surface area contributed by atoms with E-state index in [-0.39, 0.29) is 28.6 Å². The van der Waals surface area contributed by atoms with E-state index in [1.54, 1.807) is 7.05 Å². The van der Waals surface area contributed by atoms with E-state index in [2.05, 4.69) is 25.3 Å². The number of carbonyl (C=O) groups is 1. The second-order valence-electron chi connectivity index (χ2n) is 7.74. The quantitative estimate of drug-likeness (QED) is 0.420. The fraction of sp³-hybridized carbons (Fsp3) is 0.444. The van der Waals surface area contributed by atoms with E-state index >= 15 is 0 Å². The normalized spacial score (nSPS) is 15.4. The van der Waals surface area contributed by atoms with Gasteiger partial charge in [-0.2, -0.15) is 5.10 Å². The van der Waals surface area contributed by atoms with Crippen LogP contribution in [0.15, 0.2) is 17.0 Å². The lowest BCUT2D eigenvalue weighted by Crippen LogP contribution is -2.34. The molecule has 0 radical (unpaired) electrons. The predicted molar refractivity (Wildman–Crippen MR) is 113 cm³/mol. The lowest BCUT2D eigenvalue weighted by atomic mass is 10.2. The van der Waals surface area contributed by atoms with E-state index in [1.165, 1.54) is 16.8 Å². The number of carboxylic acids is 1. The van der Waals surface area contributed by atoms with Crippen molar-refractivity contribution in [1.82, 2.24) is 24.7 Å². The van der Waals surface area contributed by atoms with E-state index in [0.717, 1.165) is 12.8 Å². The van der Waals surface area contributed by atoms with Crippen LogP contribution in [0.25, 0.3) is 21.6 Å². The monoisotopic (exact) mass is 486 g/mol. The van der Waals surface area contributed by atoms with E-state index in [9.17, 15) is 22.0 Å². The minimum atomic E-state index is -3.88. The highest BCUT2D eigenvalue weighted by atomic mass is 32.2. The maximum Gasteiger partial charge on any atom is 0.305 e. The number of anilines is 1. The molecule has 0 aliphatic heterocycles. The fourth-order valence-electron chi connectivity index (χ4n) is 3.25. The third kappa shape index (κ3) is 4.29. The van der Waals surface area contributed by atoms with Crippen LogP contribution in [0.1, 0.15) is 37.6 Å². The molecule has 1 aromatic carbocycles. The molecule has 3 N–H and O–H groups in total. The summed E-state index contributed by atoms with van der Waals surface area (Å²) in [6.45, 7) is 1.80. The maximum atomic E-state index is 13.0. The standard InChI is InChI=1S/C18H20F2N6O4S2/c1-18(4-5-18)25-32(29,30)9-7-10-13(16-22-23-17(31-16)15(19)20)24-26(6-3-12(27)28)14(10)11(8-9)21-2/h7-8,15,21,25H,3-6H2,1-2H3,(H,27,28). The smallest absolute Gasteiger partial charge is 0.305 e. The highest BCUT2D eigenvalue weighted by Crippen LogP contribution is 2.39. The lowest BCUT2D eigenvalue weighted by molar-refractivity contribution is -0.137. The summed E-state index contributed by atoms with van der Waals surface area (Å²) in [7, 11) is -2.28. The summed E-state index contributed by atoms with van der Waals surface area (Å²) < 4.78 is 56.2. The molecule has 32 heavy (non-hydrogen) atoms. The van der Waals surface area contributed by atoms with Crippen LogP contribution in [0, 0.1) is 0 Å². The molecule has 14 heteroatoms. The maximum absolute atomic E-state index is 13.0. The molecule has 0 spiro atoms. The molecule has 4 rings (SSSR count). The van der Waals surface area contributed by atoms with Gasteiger partial charge in [-0.3, -0.25) is 9.48 Å². The third-order valence-corrected chi connectivity index (χ3v) is 7.70. The first-order valence-electron chi connectivity index (χ1n) is 9.63. The summed E-state index contributed by atoms with van der Waals surface area (Å²) in [6, 6.07) is 2.83. The molecular formula is C18H20F2N6O4S2. The van der Waals surface area contributed by atoms with E-state index in [1.807, 2.05) is 6.92 Å². The van der Waals surface area contributed by atoms with Gasteiger partial charge in [-0.25, -0.2) is 21.9 Å². The van der Waals surface area contributed by atoms with Gasteiger partial charge in [0.25, 0.3) is 6.43 Å². The van der Waals surface area contributed by atoms with Gasteiger partial charge < -0.3 is 10.4 Å². The van der Waals surface area contributed by atoms with Crippen molar-refractivity contribution in [1.29, 1.82) is 0 Å². The Morgan fingerprint density at radius 3 is 2.62 bits per heavy atom. The first kappa shape index (κ1) is 22.5. The number of nitrogens with one attached hydrogen (secondary N) is 2. The molecule has 1 aliphatic rings. The summed E-state index contributed by atoms with van der Waals surface area (Å²) in [5.41, 5.74) is 0.495. The number of benzene rings is 1. The van der Waals surface area contributed by atoms with Crippen molar-refractivity contribution in [3.63, 3.8) is 0 Å². The first-order chi connectivity index (χ1) is 15.0. The second-order valence-corrected chi connectivity index (χ2v) is 10.4. The fourth-order valence-corrected chi connectivity index (χ4v) is 5.46. The Hall–Kier alpha value is -2.71. The van der Waals surface area contributed by atoms with E-state index in [0.29, 0.717) is 27.9 Å². The number of alkyl halides is 2. The SMILES string of the molecule is CNc1cc(S(=O)(=O)NC2(C)CC2)cc2c(-c3nnc(C(F)F)s3)nn(CCC(=O)O)c12. The van der Waals surface area contributed by atoms with Crippen molar-refractivity contribution in [2.75, 3.05) is 12.4 Å². The summed E-state index contributed by atoms with van der Waals surface area (Å²) in [5.74, 6) is -1.04. The van der Waals surface area contributed by atoms with Gasteiger partial charge in [0.1, 0.15) is 5.69 Å². The molecule has 1 fully saturated rings. The molecule has 1 aliphatic carbocycles. The molecular weight excluding hydrogens is 466 g/mol. The highest BCUT2D eigenvalue weighted by Gasteiger charge is 2.41. The van der Waals surface area contributed by atoms with Crippen molar-refractivity contribution in [2.45, 2.75) is 49.6 Å². The highest BCUT2D eigenvalue weighted by molar-refractivity contribution is 7.89. The summed E-state index contributed by atoms with van der Waals surface area (Å²) in [6.07, 6.45) is -1.59. The zero-order valence-electron chi connectivity index (χ0n) is 17.1. The molecule has 2 aromatic heterocycles. The summed E-state index contributed by atoms with van der Waals surface area (Å²) >= 11 is 0.644. The Morgan fingerprint density at radius 2 is 2.06 bits per heavy atom. The Bertz CT molecular complexity index is 1300. The Balaban J connectivity index is 1.91. The minimum Gasteiger partial charge on any atom is -0.481 e. The summed E-state index contributed by atoms with van der Waals surface area (Å²) in [4.78, 5) is 11.1. The van der Waals surface area contributed by atoms with Crippen LogP contribution < -0.4 is 10.0 Å². The molecule has 1 saturated carbocycles. The summed E-state index contributed by atoms with van der Waals surface area (Å²) in [5, 5.41) is 23.6. The van der Waals surface area contributed by atoms with Crippen LogP contribution >= 0.6 is 11.3 Å². The Labute approximate surface area is 185 Å². The molecule has 0 saturated heterocycles. The van der Waals surface area contributed by atoms with Crippen LogP contribution in [-0.4, -0.2) is 52.1 Å². The minimum absolute atomic E-state index is 0.0105.